The Labute approximate surface area is 474 Å². The summed E-state index contributed by atoms with van der Waals surface area (Å²) in [5.41, 5.74) is 0.938. The molecular formula is C61H78N6O14. The summed E-state index contributed by atoms with van der Waals surface area (Å²) in [6.07, 6.45) is -2.27. The molecule has 4 aromatic carbocycles. The van der Waals surface area contributed by atoms with Gasteiger partial charge in [0.2, 0.25) is 23.6 Å². The number of unbranched alkanes of at least 4 members (excludes halogenated alkanes) is 1. The number of benzene rings is 4. The summed E-state index contributed by atoms with van der Waals surface area (Å²) in [6, 6.07) is 16.9. The molecule has 0 aromatic heterocycles. The summed E-state index contributed by atoms with van der Waals surface area (Å²) in [7, 11) is 1.35. The number of nitrogens with zero attached hydrogens (tertiary/aromatic N) is 1. The number of carbonyl (C=O) groups is 9. The molecule has 4 aromatic rings. The van der Waals surface area contributed by atoms with E-state index in [-0.39, 0.29) is 65.3 Å². The summed E-state index contributed by atoms with van der Waals surface area (Å²) in [4.78, 5) is 126. The largest absolute Gasteiger partial charge is 0.514 e. The van der Waals surface area contributed by atoms with Crippen LogP contribution in [0, 0.1) is 6.92 Å². The third-order valence-corrected chi connectivity index (χ3v) is 12.5. The molecule has 1 aliphatic rings. The fourth-order valence-corrected chi connectivity index (χ4v) is 8.50. The summed E-state index contributed by atoms with van der Waals surface area (Å²) >= 11 is 0. The highest BCUT2D eigenvalue weighted by Gasteiger charge is 2.37. The van der Waals surface area contributed by atoms with Crippen LogP contribution in [0.2, 0.25) is 0 Å². The van der Waals surface area contributed by atoms with Crippen LogP contribution in [0.4, 0.5) is 14.4 Å². The van der Waals surface area contributed by atoms with Crippen molar-refractivity contribution in [3.63, 3.8) is 0 Å². The van der Waals surface area contributed by atoms with E-state index in [1.807, 2.05) is 31.2 Å². The van der Waals surface area contributed by atoms with Crippen molar-refractivity contribution in [1.82, 2.24) is 31.5 Å². The number of fused-ring (bicyclic) bond motifs is 5. The molecular weight excluding hydrogens is 1040 g/mol. The SMILES string of the molecule is CCC(=O)[C@H](C)NC(=O)[C@@H]1Cc2ccc(OC(=O)OC(C)(C)C)c(c2)-c2cc(ccc2OC(=O)OC(C)(C)C)[C@H](N(C)C(=O)[C@H](CCCCNC(=O)OC(C)(C)C)NC(=O)c2ccc(-c3ccc(C)cc3)cc2)C(=O)N[C@@H](C)C(=O)N1. The summed E-state index contributed by atoms with van der Waals surface area (Å²) in [6.45, 7) is 21.7. The van der Waals surface area contributed by atoms with Crippen molar-refractivity contribution in [3.05, 3.63) is 107 Å². The van der Waals surface area contributed by atoms with Crippen LogP contribution in [0.1, 0.15) is 142 Å². The molecule has 4 bridgehead atoms. The zero-order valence-electron chi connectivity index (χ0n) is 48.9. The van der Waals surface area contributed by atoms with Crippen LogP contribution >= 0.6 is 0 Å². The normalized spacial score (nSPS) is 16.3. The second-order valence-corrected chi connectivity index (χ2v) is 23.0. The average molecular weight is 1120 g/mol. The van der Waals surface area contributed by atoms with Crippen LogP contribution < -0.4 is 36.1 Å². The smallest absolute Gasteiger partial charge is 0.444 e. The van der Waals surface area contributed by atoms with E-state index in [4.69, 9.17) is 23.7 Å². The third-order valence-electron chi connectivity index (χ3n) is 12.5. The minimum atomic E-state index is -1.62. The number of nitrogens with one attached hydrogen (secondary N) is 5. The number of rotatable bonds is 16. The van der Waals surface area contributed by atoms with Crippen molar-refractivity contribution in [2.45, 2.75) is 169 Å². The Morgan fingerprint density at radius 3 is 1.78 bits per heavy atom. The predicted molar refractivity (Wildman–Crippen MR) is 303 cm³/mol. The number of Topliss-reactive ketones (excluding diaryl/α,β-unsaturated/α-hetero) is 1. The van der Waals surface area contributed by atoms with E-state index in [2.05, 4.69) is 26.6 Å². The first kappa shape index (κ1) is 63.5. The molecule has 0 spiro atoms. The van der Waals surface area contributed by atoms with Crippen molar-refractivity contribution < 1.29 is 66.8 Å². The first-order valence-electron chi connectivity index (χ1n) is 27.1. The number of amides is 6. The van der Waals surface area contributed by atoms with Gasteiger partial charge in [-0.3, -0.25) is 28.8 Å². The number of hydrogen-bond donors (Lipinski definition) is 5. The fraction of sp³-hybridized carbons (Fsp3) is 0.459. The molecule has 81 heavy (non-hydrogen) atoms. The molecule has 6 amide bonds. The van der Waals surface area contributed by atoms with Gasteiger partial charge in [0, 0.05) is 43.1 Å². The zero-order valence-corrected chi connectivity index (χ0v) is 48.9. The van der Waals surface area contributed by atoms with Crippen LogP contribution in [-0.4, -0.2) is 113 Å². The Kier molecular flexibility index (Phi) is 21.4. The van der Waals surface area contributed by atoms with E-state index in [9.17, 15) is 33.6 Å². The van der Waals surface area contributed by atoms with Crippen LogP contribution in [-0.2, 0) is 44.6 Å². The van der Waals surface area contributed by atoms with Gasteiger partial charge >= 0.3 is 18.4 Å². The fourth-order valence-electron chi connectivity index (χ4n) is 8.50. The van der Waals surface area contributed by atoms with Gasteiger partial charge in [0.15, 0.2) is 5.78 Å². The number of ether oxygens (including phenoxy) is 5. The topological polar surface area (TPSA) is 263 Å². The van der Waals surface area contributed by atoms with Gasteiger partial charge in [-0.25, -0.2) is 14.4 Å². The molecule has 0 saturated heterocycles. The number of aryl methyl sites for hydroxylation is 1. The van der Waals surface area contributed by atoms with E-state index in [0.29, 0.717) is 18.4 Å². The van der Waals surface area contributed by atoms with E-state index < -0.39 is 95.0 Å². The van der Waals surface area contributed by atoms with E-state index >= 15 is 9.59 Å². The Morgan fingerprint density at radius 2 is 1.22 bits per heavy atom. The zero-order chi connectivity index (χ0) is 60.1. The molecule has 20 heteroatoms. The second-order valence-electron chi connectivity index (χ2n) is 23.0. The van der Waals surface area contributed by atoms with E-state index in [0.717, 1.165) is 21.6 Å². The van der Waals surface area contributed by atoms with Crippen molar-refractivity contribution >= 4 is 53.7 Å². The predicted octanol–water partition coefficient (Wildman–Crippen LogP) is 8.98. The first-order valence-corrected chi connectivity index (χ1v) is 27.1. The molecule has 0 saturated carbocycles. The lowest BCUT2D eigenvalue weighted by atomic mass is 9.93. The molecule has 1 aliphatic heterocycles. The second kappa shape index (κ2) is 27.2. The van der Waals surface area contributed by atoms with Gasteiger partial charge < -0.3 is 55.2 Å². The maximum Gasteiger partial charge on any atom is 0.514 e. The maximum atomic E-state index is 15.3. The Hall–Kier alpha value is -8.29. The van der Waals surface area contributed by atoms with Crippen molar-refractivity contribution in [1.29, 1.82) is 0 Å². The van der Waals surface area contributed by atoms with Gasteiger partial charge in [-0.2, -0.15) is 0 Å². The van der Waals surface area contributed by atoms with E-state index in [1.54, 1.807) is 99.6 Å². The van der Waals surface area contributed by atoms with Crippen molar-refractivity contribution in [2.75, 3.05) is 13.6 Å². The monoisotopic (exact) mass is 1120 g/mol. The average Bonchev–Trinajstić information content (AvgIpc) is 3.38. The number of hydrogen-bond acceptors (Lipinski definition) is 14. The molecule has 0 aliphatic carbocycles. The lowest BCUT2D eigenvalue weighted by molar-refractivity contribution is -0.141. The quantitative estimate of drug-likeness (QED) is 0.0304. The molecule has 0 radical (unpaired) electrons. The molecule has 5 atom stereocenters. The Bertz CT molecular complexity index is 2960. The molecule has 0 unspecified atom stereocenters. The minimum Gasteiger partial charge on any atom is -0.444 e. The molecule has 1 heterocycles. The van der Waals surface area contributed by atoms with Gasteiger partial charge in [0.05, 0.1) is 6.04 Å². The molecule has 5 N–H and O–H groups in total. The highest BCUT2D eigenvalue weighted by molar-refractivity contribution is 6.00. The first-order chi connectivity index (χ1) is 37.8. The highest BCUT2D eigenvalue weighted by Crippen LogP contribution is 2.41. The Balaban J connectivity index is 1.67. The molecule has 0 fully saturated rings. The third kappa shape index (κ3) is 19.2. The van der Waals surface area contributed by atoms with Crippen molar-refractivity contribution in [2.24, 2.45) is 0 Å². The number of likely N-dealkylation sites (N-methyl/N-ethyl adjacent to an activating group) is 1. The Morgan fingerprint density at radius 1 is 0.679 bits per heavy atom. The summed E-state index contributed by atoms with van der Waals surface area (Å²) in [5, 5.41) is 13.7. The number of alkyl carbamates (subject to hydrolysis) is 1. The molecule has 5 rings (SSSR count). The minimum absolute atomic E-state index is 0.0253. The number of carbonyl (C=O) groups excluding carboxylic acids is 9. The highest BCUT2D eigenvalue weighted by atomic mass is 16.7. The number of ketones is 1. The van der Waals surface area contributed by atoms with E-state index in [1.165, 1.54) is 51.2 Å². The molecule has 436 valence electrons. The van der Waals surface area contributed by atoms with Gasteiger partial charge in [-0.05, 0) is 161 Å². The van der Waals surface area contributed by atoms with Gasteiger partial charge in [0.25, 0.3) is 5.91 Å². The lowest BCUT2D eigenvalue weighted by Gasteiger charge is -2.33. The molecule has 20 nitrogen and oxygen atoms in total. The maximum absolute atomic E-state index is 15.3. The standard InChI is InChI=1S/C61H78N6O14/c1-15-47(68)36(3)63-53(71)46-33-38-21-29-48(77-57(75)80-60(8,9)10)43(32-38)44-34-42(28-30-49(44)78-58(76)81-61(11,12)13)50(54(72)64-37(4)51(69)66-46)67(14)55(73)45(18-16-17-31-62-56(74)79-59(5,6)7)65-52(70)41-26-24-40(25-27-41)39-22-19-35(2)20-23-39/h19-30,32,34,36-37,45-46,50H,15-18,31,33H2,1-14H3,(H,62,74)(H,63,71)(H,64,72)(H,65,70)(H,66,69)/t36-,37-,45-,46-,50-/m0/s1. The van der Waals surface area contributed by atoms with Gasteiger partial charge in [0.1, 0.15) is 52.5 Å². The van der Waals surface area contributed by atoms with Gasteiger partial charge in [-0.15, -0.1) is 0 Å². The summed E-state index contributed by atoms with van der Waals surface area (Å²) < 4.78 is 28.1. The van der Waals surface area contributed by atoms with Gasteiger partial charge in [-0.1, -0.05) is 61.0 Å². The van der Waals surface area contributed by atoms with Crippen LogP contribution in [0.25, 0.3) is 22.3 Å². The van der Waals surface area contributed by atoms with Crippen LogP contribution in [0.3, 0.4) is 0 Å². The summed E-state index contributed by atoms with van der Waals surface area (Å²) in [5.74, 6) is -4.31. The van der Waals surface area contributed by atoms with Crippen molar-refractivity contribution in [3.8, 4) is 33.8 Å². The van der Waals surface area contributed by atoms with Crippen LogP contribution in [0.5, 0.6) is 11.5 Å². The van der Waals surface area contributed by atoms with Crippen LogP contribution in [0.15, 0.2) is 84.9 Å². The lowest BCUT2D eigenvalue weighted by Crippen LogP contribution is -2.56.